The van der Waals surface area contributed by atoms with E-state index in [1.54, 1.807) is 36.4 Å². The molecule has 1 unspecified atom stereocenters. The van der Waals surface area contributed by atoms with Gasteiger partial charge >= 0.3 is 11.9 Å². The summed E-state index contributed by atoms with van der Waals surface area (Å²) >= 11 is 0. The highest BCUT2D eigenvalue weighted by Crippen LogP contribution is 2.28. The average Bonchev–Trinajstić information content (AvgIpc) is 2.91. The van der Waals surface area contributed by atoms with Gasteiger partial charge in [0.25, 0.3) is 0 Å². The van der Waals surface area contributed by atoms with E-state index in [1.807, 2.05) is 25.1 Å². The molecule has 1 fully saturated rings. The summed E-state index contributed by atoms with van der Waals surface area (Å²) in [5, 5.41) is 0. The van der Waals surface area contributed by atoms with Crippen molar-refractivity contribution in [3.05, 3.63) is 72.3 Å². The van der Waals surface area contributed by atoms with Crippen molar-refractivity contribution in [2.24, 2.45) is 5.92 Å². The molecule has 1 aliphatic rings. The monoisotopic (exact) mass is 520 g/mol. The highest BCUT2D eigenvalue weighted by molar-refractivity contribution is 5.87. The van der Waals surface area contributed by atoms with Gasteiger partial charge in [0.2, 0.25) is 0 Å². The molecule has 0 radical (unpaired) electrons. The summed E-state index contributed by atoms with van der Waals surface area (Å²) in [6.07, 6.45) is 11.7. The molecule has 0 bridgehead atoms. The standard InChI is InChI=1S/C31H40N2O5/c1-3-4-5-6-17-36-28-14-10-24(11-15-28)31(35)38-29-12-7-23(8-13-29)9-16-30(34)37-21-22(2)25-18-26(32)20-27(33)19-25/h3,7-9,12-13,16,18-20,22,24,28H,1,4-6,10-11,14-15,17,21,32-33H2,2H3/b16-9+. The Morgan fingerprint density at radius 2 is 1.71 bits per heavy atom. The highest BCUT2D eigenvalue weighted by atomic mass is 16.5. The molecule has 7 nitrogen and oxygen atoms in total. The minimum absolute atomic E-state index is 0.0397. The zero-order valence-electron chi connectivity index (χ0n) is 22.3. The van der Waals surface area contributed by atoms with Gasteiger partial charge in [0.15, 0.2) is 0 Å². The second-order valence-electron chi connectivity index (χ2n) is 9.92. The van der Waals surface area contributed by atoms with E-state index in [9.17, 15) is 9.59 Å². The molecule has 1 atom stereocenters. The van der Waals surface area contributed by atoms with Gasteiger partial charge in [-0.1, -0.05) is 25.1 Å². The largest absolute Gasteiger partial charge is 0.462 e. The van der Waals surface area contributed by atoms with E-state index in [1.165, 1.54) is 6.08 Å². The molecular formula is C31H40N2O5. The Kier molecular flexibility index (Phi) is 11.4. The Morgan fingerprint density at radius 1 is 1.03 bits per heavy atom. The van der Waals surface area contributed by atoms with Crippen LogP contribution in [0.4, 0.5) is 11.4 Å². The van der Waals surface area contributed by atoms with Gasteiger partial charge in [-0.15, -0.1) is 6.58 Å². The van der Waals surface area contributed by atoms with Crippen molar-refractivity contribution in [2.75, 3.05) is 24.7 Å². The van der Waals surface area contributed by atoms with Gasteiger partial charge in [-0.3, -0.25) is 4.79 Å². The number of hydrogen-bond donors (Lipinski definition) is 2. The quantitative estimate of drug-likeness (QED) is 0.0825. The topological polar surface area (TPSA) is 114 Å². The number of carbonyl (C=O) groups is 2. The minimum atomic E-state index is -0.444. The fourth-order valence-corrected chi connectivity index (χ4v) is 4.46. The lowest BCUT2D eigenvalue weighted by Crippen LogP contribution is -2.29. The zero-order valence-corrected chi connectivity index (χ0v) is 22.3. The maximum Gasteiger partial charge on any atom is 0.330 e. The summed E-state index contributed by atoms with van der Waals surface area (Å²) in [7, 11) is 0. The van der Waals surface area contributed by atoms with Crippen LogP contribution >= 0.6 is 0 Å². The van der Waals surface area contributed by atoms with Gasteiger partial charge in [-0.05, 0) is 92.5 Å². The SMILES string of the molecule is C=CCCCCOC1CCC(C(=O)Oc2ccc(/C=C/C(=O)OCC(C)c3cc(N)cc(N)c3)cc2)CC1. The summed E-state index contributed by atoms with van der Waals surface area (Å²) in [5.41, 5.74) is 14.5. The molecule has 4 N–H and O–H groups in total. The van der Waals surface area contributed by atoms with Crippen LogP contribution in [-0.4, -0.2) is 31.3 Å². The number of nitrogens with two attached hydrogens (primary N) is 2. The third kappa shape index (κ3) is 9.71. The minimum Gasteiger partial charge on any atom is -0.462 e. The van der Waals surface area contributed by atoms with Crippen LogP contribution in [0.25, 0.3) is 6.08 Å². The predicted octanol–water partition coefficient (Wildman–Crippen LogP) is 6.05. The molecule has 204 valence electrons. The molecule has 0 spiro atoms. The highest BCUT2D eigenvalue weighted by Gasteiger charge is 2.28. The third-order valence-corrected chi connectivity index (χ3v) is 6.72. The van der Waals surface area contributed by atoms with Gasteiger partial charge in [0.1, 0.15) is 5.75 Å². The number of anilines is 2. The van der Waals surface area contributed by atoms with Crippen molar-refractivity contribution in [1.82, 2.24) is 0 Å². The van der Waals surface area contributed by atoms with E-state index >= 15 is 0 Å². The summed E-state index contributed by atoms with van der Waals surface area (Å²) in [4.78, 5) is 24.8. The number of benzene rings is 2. The summed E-state index contributed by atoms with van der Waals surface area (Å²) in [6, 6.07) is 12.4. The Morgan fingerprint density at radius 3 is 2.37 bits per heavy atom. The van der Waals surface area contributed by atoms with Crippen molar-refractivity contribution >= 4 is 29.4 Å². The normalized spacial score (nSPS) is 18.1. The Labute approximate surface area is 225 Å². The van der Waals surface area contributed by atoms with Crippen molar-refractivity contribution in [3.63, 3.8) is 0 Å². The third-order valence-electron chi connectivity index (χ3n) is 6.72. The van der Waals surface area contributed by atoms with Crippen LogP contribution in [0.2, 0.25) is 0 Å². The lowest BCUT2D eigenvalue weighted by atomic mass is 9.87. The first kappa shape index (κ1) is 29.0. The van der Waals surface area contributed by atoms with Crippen LogP contribution in [0.15, 0.2) is 61.2 Å². The Balaban J connectivity index is 1.37. The first-order valence-electron chi connectivity index (χ1n) is 13.4. The number of hydrogen-bond acceptors (Lipinski definition) is 7. The molecule has 7 heteroatoms. The van der Waals surface area contributed by atoms with Gasteiger partial charge in [-0.25, -0.2) is 4.79 Å². The molecule has 1 aliphatic carbocycles. The molecule has 0 aromatic heterocycles. The second-order valence-corrected chi connectivity index (χ2v) is 9.92. The molecule has 0 saturated heterocycles. The summed E-state index contributed by atoms with van der Waals surface area (Å²) < 4.78 is 16.9. The number of nitrogen functional groups attached to an aromatic ring is 2. The van der Waals surface area contributed by atoms with Crippen molar-refractivity contribution in [1.29, 1.82) is 0 Å². The lowest BCUT2D eigenvalue weighted by Gasteiger charge is -2.27. The number of unbranched alkanes of at least 4 members (excludes halogenated alkanes) is 2. The Bertz CT molecular complexity index is 1070. The Hall–Kier alpha value is -3.58. The summed E-state index contributed by atoms with van der Waals surface area (Å²) in [5.74, 6) is -0.290. The van der Waals surface area contributed by atoms with Crippen molar-refractivity contribution in [3.8, 4) is 5.75 Å². The van der Waals surface area contributed by atoms with Gasteiger partial charge in [0.05, 0.1) is 18.6 Å². The molecule has 0 amide bonds. The lowest BCUT2D eigenvalue weighted by molar-refractivity contribution is -0.141. The molecule has 3 rings (SSSR count). The molecule has 0 heterocycles. The van der Waals surface area contributed by atoms with Gasteiger partial charge < -0.3 is 25.7 Å². The summed E-state index contributed by atoms with van der Waals surface area (Å²) in [6.45, 7) is 6.66. The van der Waals surface area contributed by atoms with Gasteiger partial charge in [0, 0.05) is 30.0 Å². The first-order valence-corrected chi connectivity index (χ1v) is 13.4. The zero-order chi connectivity index (χ0) is 27.3. The van der Waals surface area contributed by atoms with Crippen LogP contribution in [0.3, 0.4) is 0 Å². The van der Waals surface area contributed by atoms with E-state index in [-0.39, 0.29) is 30.5 Å². The smallest absolute Gasteiger partial charge is 0.330 e. The van der Waals surface area contributed by atoms with Crippen LogP contribution in [0.1, 0.15) is 68.9 Å². The number of rotatable bonds is 13. The predicted molar refractivity (Wildman–Crippen MR) is 151 cm³/mol. The van der Waals surface area contributed by atoms with E-state index in [2.05, 4.69) is 6.58 Å². The first-order chi connectivity index (χ1) is 18.3. The molecule has 2 aromatic rings. The maximum atomic E-state index is 12.6. The second kappa shape index (κ2) is 15.0. The number of ether oxygens (including phenoxy) is 3. The molecular weight excluding hydrogens is 480 g/mol. The van der Waals surface area contributed by atoms with Crippen LogP contribution in [-0.2, 0) is 19.1 Å². The number of esters is 2. The van der Waals surface area contributed by atoms with E-state index in [0.717, 1.165) is 62.7 Å². The fourth-order valence-electron chi connectivity index (χ4n) is 4.46. The molecule has 38 heavy (non-hydrogen) atoms. The number of allylic oxidation sites excluding steroid dienone is 1. The molecule has 1 saturated carbocycles. The van der Waals surface area contributed by atoms with Gasteiger partial charge in [-0.2, -0.15) is 0 Å². The fraction of sp³-hybridized carbons (Fsp3) is 0.419. The van der Waals surface area contributed by atoms with Crippen LogP contribution < -0.4 is 16.2 Å². The maximum absolute atomic E-state index is 12.6. The van der Waals surface area contributed by atoms with Crippen molar-refractivity contribution < 1.29 is 23.8 Å². The van der Waals surface area contributed by atoms with E-state index in [0.29, 0.717) is 17.1 Å². The van der Waals surface area contributed by atoms with Crippen molar-refractivity contribution in [2.45, 2.75) is 63.9 Å². The van der Waals surface area contributed by atoms with E-state index < -0.39 is 5.97 Å². The molecule has 2 aromatic carbocycles. The average molecular weight is 521 g/mol. The molecule has 0 aliphatic heterocycles. The number of carbonyl (C=O) groups excluding carboxylic acids is 2. The van der Waals surface area contributed by atoms with E-state index in [4.69, 9.17) is 25.7 Å². The van der Waals surface area contributed by atoms with Crippen LogP contribution in [0, 0.1) is 5.92 Å². The van der Waals surface area contributed by atoms with Crippen LogP contribution in [0.5, 0.6) is 5.75 Å².